The Morgan fingerprint density at radius 2 is 1.89 bits per heavy atom. The van der Waals surface area contributed by atoms with Gasteiger partial charge in [-0.3, -0.25) is 9.78 Å². The summed E-state index contributed by atoms with van der Waals surface area (Å²) >= 11 is 0. The van der Waals surface area contributed by atoms with Crippen molar-refractivity contribution in [1.29, 1.82) is 0 Å². The maximum absolute atomic E-state index is 13.0. The summed E-state index contributed by atoms with van der Waals surface area (Å²) < 4.78 is 50.2. The number of pyridine rings is 1. The van der Waals surface area contributed by atoms with Gasteiger partial charge in [-0.1, -0.05) is 6.07 Å². The van der Waals surface area contributed by atoms with Gasteiger partial charge in [-0.15, -0.1) is 0 Å². The van der Waals surface area contributed by atoms with Crippen molar-refractivity contribution >= 4 is 16.7 Å². The minimum atomic E-state index is -4.67. The zero-order valence-electron chi connectivity index (χ0n) is 9.83. The molecule has 19 heavy (non-hydrogen) atoms. The van der Waals surface area contributed by atoms with E-state index in [1.165, 1.54) is 6.07 Å². The van der Waals surface area contributed by atoms with E-state index < -0.39 is 23.7 Å². The van der Waals surface area contributed by atoms with Crippen LogP contribution in [0.5, 0.6) is 0 Å². The van der Waals surface area contributed by atoms with E-state index in [4.69, 9.17) is 0 Å². The number of aromatic nitrogens is 1. The average molecular weight is 271 g/mol. The molecule has 0 aliphatic rings. The minimum absolute atomic E-state index is 0.446. The zero-order valence-corrected chi connectivity index (χ0v) is 9.83. The third kappa shape index (κ3) is 2.43. The number of nitrogens with zero attached hydrogens (tertiary/aromatic N) is 1. The van der Waals surface area contributed by atoms with Gasteiger partial charge in [-0.2, -0.15) is 8.78 Å². The smallest absolute Gasteiger partial charge is 0.287 e. The van der Waals surface area contributed by atoms with Crippen molar-refractivity contribution < 1.29 is 22.4 Å². The summed E-state index contributed by atoms with van der Waals surface area (Å²) in [4.78, 5) is 15.5. The Balaban J connectivity index is 2.47. The summed E-state index contributed by atoms with van der Waals surface area (Å²) in [5.41, 5.74) is 0.782. The number of fused-ring (bicyclic) bond motifs is 1. The Labute approximate surface area is 106 Å². The first-order valence-electron chi connectivity index (χ1n) is 5.40. The molecular formula is C13H9F4NO. The van der Waals surface area contributed by atoms with Gasteiger partial charge in [0.2, 0.25) is 5.78 Å². The number of hydrogen-bond acceptors (Lipinski definition) is 2. The Morgan fingerprint density at radius 1 is 1.21 bits per heavy atom. The van der Waals surface area contributed by atoms with Gasteiger partial charge in [-0.25, -0.2) is 8.78 Å². The molecule has 2 nitrogen and oxygen atoms in total. The SMILES string of the molecule is Cc1ccc2cc(C(=O)C(F)(F)C(F)F)ccc2n1. The predicted molar refractivity (Wildman–Crippen MR) is 61.8 cm³/mol. The fraction of sp³-hybridized carbons (Fsp3) is 0.231. The van der Waals surface area contributed by atoms with E-state index in [9.17, 15) is 22.4 Å². The molecule has 0 aliphatic heterocycles. The van der Waals surface area contributed by atoms with E-state index in [0.29, 0.717) is 10.9 Å². The van der Waals surface area contributed by atoms with Crippen molar-refractivity contribution in [3.8, 4) is 0 Å². The first-order chi connectivity index (χ1) is 8.82. The Bertz CT molecular complexity index is 640. The summed E-state index contributed by atoms with van der Waals surface area (Å²) in [5.74, 6) is -6.56. The standard InChI is InChI=1S/C13H9F4NO/c1-7-2-3-8-6-9(4-5-10(8)18-7)11(19)13(16,17)12(14)15/h2-6,12H,1H3. The van der Waals surface area contributed by atoms with Crippen LogP contribution in [0.3, 0.4) is 0 Å². The molecule has 1 heterocycles. The number of Topliss-reactive ketones (excluding diaryl/α,β-unsaturated/α-hetero) is 1. The van der Waals surface area contributed by atoms with E-state index in [1.54, 1.807) is 19.1 Å². The van der Waals surface area contributed by atoms with Gasteiger partial charge in [0.05, 0.1) is 5.52 Å². The number of carbonyl (C=O) groups is 1. The third-order valence-electron chi connectivity index (χ3n) is 2.67. The van der Waals surface area contributed by atoms with Gasteiger partial charge in [0.1, 0.15) is 0 Å². The second-order valence-corrected chi connectivity index (χ2v) is 4.11. The number of alkyl halides is 4. The van der Waals surface area contributed by atoms with Crippen LogP contribution >= 0.6 is 0 Å². The van der Waals surface area contributed by atoms with Crippen molar-refractivity contribution in [2.24, 2.45) is 0 Å². The number of halogens is 4. The fourth-order valence-electron chi connectivity index (χ4n) is 1.66. The van der Waals surface area contributed by atoms with E-state index >= 15 is 0 Å². The van der Waals surface area contributed by atoms with Crippen LogP contribution in [0.2, 0.25) is 0 Å². The molecule has 2 rings (SSSR count). The molecule has 0 unspecified atom stereocenters. The van der Waals surface area contributed by atoms with Crippen LogP contribution in [0, 0.1) is 6.92 Å². The van der Waals surface area contributed by atoms with Crippen LogP contribution in [-0.2, 0) is 0 Å². The van der Waals surface area contributed by atoms with Gasteiger partial charge >= 0.3 is 12.3 Å². The van der Waals surface area contributed by atoms with Gasteiger partial charge in [-0.05, 0) is 31.2 Å². The first-order valence-corrected chi connectivity index (χ1v) is 5.40. The number of carbonyl (C=O) groups excluding carboxylic acids is 1. The Morgan fingerprint density at radius 3 is 2.53 bits per heavy atom. The van der Waals surface area contributed by atoms with E-state index in [2.05, 4.69) is 4.98 Å². The Kier molecular flexibility index (Phi) is 3.26. The number of ketones is 1. The maximum Gasteiger partial charge on any atom is 0.368 e. The van der Waals surface area contributed by atoms with Gasteiger partial charge in [0.25, 0.3) is 0 Å². The summed E-state index contributed by atoms with van der Waals surface area (Å²) in [5, 5.41) is 0.446. The molecule has 0 amide bonds. The van der Waals surface area contributed by atoms with Crippen LogP contribution in [0.4, 0.5) is 17.6 Å². The molecule has 0 saturated heterocycles. The highest BCUT2D eigenvalue weighted by atomic mass is 19.3. The van der Waals surface area contributed by atoms with E-state index in [-0.39, 0.29) is 0 Å². The largest absolute Gasteiger partial charge is 0.368 e. The molecule has 1 aromatic heterocycles. The van der Waals surface area contributed by atoms with Crippen LogP contribution < -0.4 is 0 Å². The quantitative estimate of drug-likeness (QED) is 0.630. The number of aryl methyl sites for hydroxylation is 1. The minimum Gasteiger partial charge on any atom is -0.287 e. The molecule has 0 atom stereocenters. The van der Waals surface area contributed by atoms with Crippen molar-refractivity contribution in [1.82, 2.24) is 4.98 Å². The average Bonchev–Trinajstić information content (AvgIpc) is 2.37. The lowest BCUT2D eigenvalue weighted by atomic mass is 10.0. The molecule has 0 fully saturated rings. The summed E-state index contributed by atoms with van der Waals surface area (Å²) in [7, 11) is 0. The molecule has 0 aliphatic carbocycles. The molecule has 2 aromatic rings. The zero-order chi connectivity index (χ0) is 14.2. The summed E-state index contributed by atoms with van der Waals surface area (Å²) in [6.45, 7) is 1.75. The highest BCUT2D eigenvalue weighted by molar-refractivity contribution is 6.04. The summed E-state index contributed by atoms with van der Waals surface area (Å²) in [6.07, 6.45) is -4.02. The molecule has 100 valence electrons. The second kappa shape index (κ2) is 4.60. The molecule has 0 radical (unpaired) electrons. The number of rotatable bonds is 3. The maximum atomic E-state index is 13.0. The third-order valence-corrected chi connectivity index (χ3v) is 2.67. The van der Waals surface area contributed by atoms with Gasteiger partial charge in [0, 0.05) is 16.6 Å². The predicted octanol–water partition coefficient (Wildman–Crippen LogP) is 3.63. The van der Waals surface area contributed by atoms with Gasteiger partial charge in [0.15, 0.2) is 0 Å². The summed E-state index contributed by atoms with van der Waals surface area (Å²) in [6, 6.07) is 6.81. The van der Waals surface area contributed by atoms with E-state index in [1.807, 2.05) is 0 Å². The topological polar surface area (TPSA) is 30.0 Å². The van der Waals surface area contributed by atoms with Crippen molar-refractivity contribution in [3.63, 3.8) is 0 Å². The molecular weight excluding hydrogens is 262 g/mol. The van der Waals surface area contributed by atoms with E-state index in [0.717, 1.165) is 17.8 Å². The van der Waals surface area contributed by atoms with Crippen LogP contribution in [-0.4, -0.2) is 23.1 Å². The van der Waals surface area contributed by atoms with Crippen LogP contribution in [0.1, 0.15) is 16.1 Å². The molecule has 0 bridgehead atoms. The Hall–Kier alpha value is -1.98. The number of hydrogen-bond donors (Lipinski definition) is 0. The van der Waals surface area contributed by atoms with Crippen molar-refractivity contribution in [3.05, 3.63) is 41.6 Å². The second-order valence-electron chi connectivity index (χ2n) is 4.11. The highest BCUT2D eigenvalue weighted by Gasteiger charge is 2.48. The van der Waals surface area contributed by atoms with Crippen LogP contribution in [0.25, 0.3) is 10.9 Å². The molecule has 0 spiro atoms. The fourth-order valence-corrected chi connectivity index (χ4v) is 1.66. The van der Waals surface area contributed by atoms with Gasteiger partial charge < -0.3 is 0 Å². The van der Waals surface area contributed by atoms with Crippen LogP contribution in [0.15, 0.2) is 30.3 Å². The lowest BCUT2D eigenvalue weighted by molar-refractivity contribution is -0.0958. The first kappa shape index (κ1) is 13.5. The van der Waals surface area contributed by atoms with Crippen molar-refractivity contribution in [2.45, 2.75) is 19.3 Å². The molecule has 0 N–H and O–H groups in total. The lowest BCUT2D eigenvalue weighted by Gasteiger charge is -2.13. The monoisotopic (exact) mass is 271 g/mol. The molecule has 6 heteroatoms. The number of benzene rings is 1. The lowest BCUT2D eigenvalue weighted by Crippen LogP contribution is -2.36. The highest BCUT2D eigenvalue weighted by Crippen LogP contribution is 2.28. The molecule has 1 aromatic carbocycles. The normalized spacial score (nSPS) is 12.1. The molecule has 0 saturated carbocycles. The van der Waals surface area contributed by atoms with Crippen molar-refractivity contribution in [2.75, 3.05) is 0 Å².